The van der Waals surface area contributed by atoms with Crippen LogP contribution in [-0.4, -0.2) is 43.3 Å². The van der Waals surface area contributed by atoms with Crippen LogP contribution in [0, 0.1) is 0 Å². The third-order valence-corrected chi connectivity index (χ3v) is 6.34. The number of sulfonamides is 1. The average Bonchev–Trinajstić information content (AvgIpc) is 2.82. The van der Waals surface area contributed by atoms with E-state index in [9.17, 15) is 8.42 Å². The van der Waals surface area contributed by atoms with E-state index < -0.39 is 10.0 Å². The Kier molecular flexibility index (Phi) is 5.26. The summed E-state index contributed by atoms with van der Waals surface area (Å²) in [6, 6.07) is 0.269. The van der Waals surface area contributed by atoms with Crippen LogP contribution in [0.5, 0.6) is 0 Å². The number of nitrogens with zero attached hydrogens (tertiary/aromatic N) is 1. The van der Waals surface area contributed by atoms with Crippen LogP contribution in [0.3, 0.4) is 0 Å². The molecule has 1 atom stereocenters. The van der Waals surface area contributed by atoms with Gasteiger partial charge in [-0.2, -0.15) is 4.31 Å². The van der Waals surface area contributed by atoms with Crippen molar-refractivity contribution in [2.24, 2.45) is 0 Å². The predicted molar refractivity (Wildman–Crippen MR) is 76.6 cm³/mol. The minimum atomic E-state index is -3.20. The van der Waals surface area contributed by atoms with Gasteiger partial charge in [0.05, 0.1) is 11.9 Å². The van der Waals surface area contributed by atoms with Crippen LogP contribution < -0.4 is 0 Å². The minimum absolute atomic E-state index is 0.0525. The second-order valence-electron chi connectivity index (χ2n) is 6.13. The number of hydrogen-bond acceptors (Lipinski definition) is 3. The van der Waals surface area contributed by atoms with E-state index in [1.807, 2.05) is 13.8 Å². The van der Waals surface area contributed by atoms with E-state index in [0.29, 0.717) is 6.61 Å². The van der Waals surface area contributed by atoms with Gasteiger partial charge in [-0.1, -0.05) is 12.8 Å². The highest BCUT2D eigenvalue weighted by Gasteiger charge is 2.35. The molecule has 4 nitrogen and oxygen atoms in total. The molecule has 0 spiro atoms. The van der Waals surface area contributed by atoms with E-state index in [2.05, 4.69) is 0 Å². The summed E-state index contributed by atoms with van der Waals surface area (Å²) in [5.41, 5.74) is 0. The Morgan fingerprint density at radius 2 is 1.74 bits per heavy atom. The number of ether oxygens (including phenoxy) is 1. The SMILES string of the molecule is CC(C)N(C1CCCC1)S(=O)(=O)CC1CCCCO1. The molecule has 2 fully saturated rings. The Morgan fingerprint density at radius 1 is 1.11 bits per heavy atom. The summed E-state index contributed by atoms with van der Waals surface area (Å²) in [7, 11) is -3.20. The van der Waals surface area contributed by atoms with E-state index >= 15 is 0 Å². The van der Waals surface area contributed by atoms with Crippen molar-refractivity contribution in [3.63, 3.8) is 0 Å². The van der Waals surface area contributed by atoms with E-state index in [1.165, 1.54) is 0 Å². The van der Waals surface area contributed by atoms with Crippen molar-refractivity contribution in [1.29, 1.82) is 0 Å². The Labute approximate surface area is 117 Å². The second-order valence-corrected chi connectivity index (χ2v) is 8.05. The summed E-state index contributed by atoms with van der Waals surface area (Å²) in [6.45, 7) is 4.68. The lowest BCUT2D eigenvalue weighted by molar-refractivity contribution is 0.0295. The molecule has 1 aliphatic carbocycles. The predicted octanol–water partition coefficient (Wildman–Crippen LogP) is 2.54. The van der Waals surface area contributed by atoms with Gasteiger partial charge < -0.3 is 4.74 Å². The van der Waals surface area contributed by atoms with Gasteiger partial charge in [-0.3, -0.25) is 0 Å². The summed E-state index contributed by atoms with van der Waals surface area (Å²) in [6.07, 6.45) is 7.29. The first-order chi connectivity index (χ1) is 9.00. The Balaban J connectivity index is 2.05. The third kappa shape index (κ3) is 3.92. The zero-order valence-corrected chi connectivity index (χ0v) is 13.0. The fourth-order valence-electron chi connectivity index (χ4n) is 3.39. The summed E-state index contributed by atoms with van der Waals surface area (Å²) < 4.78 is 32.7. The van der Waals surface area contributed by atoms with Gasteiger partial charge in [0.25, 0.3) is 0 Å². The van der Waals surface area contributed by atoms with Crippen molar-refractivity contribution in [2.75, 3.05) is 12.4 Å². The molecule has 0 aromatic rings. The Morgan fingerprint density at radius 3 is 2.26 bits per heavy atom. The summed E-state index contributed by atoms with van der Waals surface area (Å²) in [4.78, 5) is 0. The van der Waals surface area contributed by atoms with Gasteiger partial charge in [0.15, 0.2) is 0 Å². The molecule has 2 rings (SSSR count). The molecule has 1 saturated carbocycles. The van der Waals surface area contributed by atoms with Gasteiger partial charge in [0.1, 0.15) is 0 Å². The lowest BCUT2D eigenvalue weighted by Crippen LogP contribution is -2.47. The largest absolute Gasteiger partial charge is 0.377 e. The average molecular weight is 289 g/mol. The molecule has 0 N–H and O–H groups in total. The normalized spacial score (nSPS) is 26.4. The maximum Gasteiger partial charge on any atom is 0.217 e. The van der Waals surface area contributed by atoms with Crippen molar-refractivity contribution in [3.8, 4) is 0 Å². The molecule has 1 heterocycles. The molecule has 2 aliphatic rings. The Hall–Kier alpha value is -0.130. The van der Waals surface area contributed by atoms with Gasteiger partial charge in [-0.25, -0.2) is 8.42 Å². The molecule has 112 valence electrons. The molecule has 19 heavy (non-hydrogen) atoms. The van der Waals surface area contributed by atoms with Crippen LogP contribution in [-0.2, 0) is 14.8 Å². The monoisotopic (exact) mass is 289 g/mol. The first-order valence-corrected chi connectivity index (χ1v) is 9.24. The van der Waals surface area contributed by atoms with E-state index in [-0.39, 0.29) is 23.9 Å². The van der Waals surface area contributed by atoms with Gasteiger partial charge in [-0.15, -0.1) is 0 Å². The van der Waals surface area contributed by atoms with E-state index in [1.54, 1.807) is 4.31 Å². The molecular weight excluding hydrogens is 262 g/mol. The standard InChI is InChI=1S/C14H27NO3S/c1-12(2)15(13-7-3-4-8-13)19(16,17)11-14-9-5-6-10-18-14/h12-14H,3-11H2,1-2H3. The zero-order valence-electron chi connectivity index (χ0n) is 12.2. The number of hydrogen-bond donors (Lipinski definition) is 0. The van der Waals surface area contributed by atoms with E-state index in [4.69, 9.17) is 4.74 Å². The van der Waals surface area contributed by atoms with Crippen LogP contribution in [0.15, 0.2) is 0 Å². The molecule has 0 amide bonds. The molecule has 0 bridgehead atoms. The molecule has 0 aromatic carbocycles. The van der Waals surface area contributed by atoms with Crippen molar-refractivity contribution in [1.82, 2.24) is 4.31 Å². The molecule has 5 heteroatoms. The highest BCUT2D eigenvalue weighted by atomic mass is 32.2. The summed E-state index contributed by atoms with van der Waals surface area (Å²) in [5, 5.41) is 0. The smallest absolute Gasteiger partial charge is 0.217 e. The van der Waals surface area contributed by atoms with Crippen molar-refractivity contribution >= 4 is 10.0 Å². The highest BCUT2D eigenvalue weighted by Crippen LogP contribution is 2.28. The Bertz CT molecular complexity index is 368. The van der Waals surface area contributed by atoms with Crippen molar-refractivity contribution in [3.05, 3.63) is 0 Å². The topological polar surface area (TPSA) is 46.6 Å². The van der Waals surface area contributed by atoms with Crippen molar-refractivity contribution in [2.45, 2.75) is 77.0 Å². The fraction of sp³-hybridized carbons (Fsp3) is 1.00. The first-order valence-electron chi connectivity index (χ1n) is 7.63. The van der Waals surface area contributed by atoms with Crippen LogP contribution in [0.2, 0.25) is 0 Å². The maximum absolute atomic E-state index is 12.7. The van der Waals surface area contributed by atoms with Crippen LogP contribution in [0.4, 0.5) is 0 Å². The van der Waals surface area contributed by atoms with E-state index in [0.717, 1.165) is 44.9 Å². The maximum atomic E-state index is 12.7. The lowest BCUT2D eigenvalue weighted by atomic mass is 10.1. The quantitative estimate of drug-likeness (QED) is 0.781. The van der Waals surface area contributed by atoms with Crippen molar-refractivity contribution < 1.29 is 13.2 Å². The van der Waals surface area contributed by atoms with Crippen LogP contribution in [0.1, 0.15) is 58.8 Å². The molecule has 1 unspecified atom stereocenters. The van der Waals surface area contributed by atoms with Gasteiger partial charge >= 0.3 is 0 Å². The van der Waals surface area contributed by atoms with Gasteiger partial charge in [-0.05, 0) is 46.0 Å². The fourth-order valence-corrected chi connectivity index (χ4v) is 5.60. The minimum Gasteiger partial charge on any atom is -0.377 e. The molecule has 1 aliphatic heterocycles. The van der Waals surface area contributed by atoms with Crippen LogP contribution in [0.25, 0.3) is 0 Å². The molecule has 0 radical (unpaired) electrons. The second kappa shape index (κ2) is 6.55. The zero-order chi connectivity index (χ0) is 13.9. The summed E-state index contributed by atoms with van der Waals surface area (Å²) >= 11 is 0. The molecule has 0 aromatic heterocycles. The summed E-state index contributed by atoms with van der Waals surface area (Å²) in [5.74, 6) is 0.168. The molecule has 1 saturated heterocycles. The molecular formula is C14H27NO3S. The van der Waals surface area contributed by atoms with Gasteiger partial charge in [0, 0.05) is 18.7 Å². The highest BCUT2D eigenvalue weighted by molar-refractivity contribution is 7.89. The van der Waals surface area contributed by atoms with Gasteiger partial charge in [0.2, 0.25) is 10.0 Å². The number of rotatable bonds is 5. The lowest BCUT2D eigenvalue weighted by Gasteiger charge is -2.33. The van der Waals surface area contributed by atoms with Crippen LogP contribution >= 0.6 is 0 Å². The first kappa shape index (κ1) is 15.3. The third-order valence-electron chi connectivity index (χ3n) is 4.19.